The Morgan fingerprint density at radius 2 is 2.11 bits per heavy atom. The molecule has 0 rings (SSSR count). The van der Waals surface area contributed by atoms with Crippen LogP contribution in [0.25, 0.3) is 0 Å². The Morgan fingerprint density at radius 1 is 1.53 bits per heavy atom. The first kappa shape index (κ1) is 19.8. The molecule has 8 nitrogen and oxygen atoms in total. The highest BCUT2D eigenvalue weighted by Gasteiger charge is 2.19. The fourth-order valence-corrected chi connectivity index (χ4v) is 0.995. The third kappa shape index (κ3) is 9.11. The van der Waals surface area contributed by atoms with Crippen LogP contribution in [0.3, 0.4) is 0 Å². The standard InChI is InChI=1S/C9H18N4O4.C2H6/c1-11-9(10)12-5-13(6-15)3-7(16)8(4-14)17-2;1-2/h5-8,14,16H,3-4H2,1-2H3,(H2,10,11);1-2H3/b12-5-;. The minimum absolute atomic E-state index is 0.0109. The number of nitrogens with two attached hydrogens (primary N) is 1. The van der Waals surface area contributed by atoms with Crippen molar-refractivity contribution in [1.82, 2.24) is 4.90 Å². The van der Waals surface area contributed by atoms with Gasteiger partial charge in [0.1, 0.15) is 18.5 Å². The SMILES string of the molecule is CC.CN=C(N)/N=C\N(C=O)CC(O)C(CO)OC. The number of methoxy groups -OCH3 is 1. The summed E-state index contributed by atoms with van der Waals surface area (Å²) < 4.78 is 4.82. The number of nitrogens with zero attached hydrogens (tertiary/aromatic N) is 3. The molecule has 0 aromatic rings. The molecule has 0 bridgehead atoms. The first-order valence-electron chi connectivity index (χ1n) is 5.88. The van der Waals surface area contributed by atoms with E-state index < -0.39 is 12.2 Å². The molecule has 0 aliphatic rings. The first-order chi connectivity index (χ1) is 9.08. The lowest BCUT2D eigenvalue weighted by Crippen LogP contribution is -2.41. The van der Waals surface area contributed by atoms with Gasteiger partial charge in [0, 0.05) is 14.2 Å². The Morgan fingerprint density at radius 3 is 2.47 bits per heavy atom. The Hall–Kier alpha value is -1.51. The van der Waals surface area contributed by atoms with E-state index >= 15 is 0 Å². The van der Waals surface area contributed by atoms with Crippen LogP contribution in [0.1, 0.15) is 13.8 Å². The average molecular weight is 276 g/mol. The number of hydrogen-bond donors (Lipinski definition) is 3. The molecule has 0 aromatic carbocycles. The maximum atomic E-state index is 10.7. The van der Waals surface area contributed by atoms with Crippen molar-refractivity contribution >= 4 is 18.7 Å². The van der Waals surface area contributed by atoms with Crippen LogP contribution in [0.4, 0.5) is 0 Å². The minimum atomic E-state index is -1.03. The second-order valence-corrected chi connectivity index (χ2v) is 3.15. The number of rotatable bonds is 7. The van der Waals surface area contributed by atoms with E-state index in [4.69, 9.17) is 15.6 Å². The fourth-order valence-electron chi connectivity index (χ4n) is 0.995. The predicted octanol–water partition coefficient (Wildman–Crippen LogP) is -1.19. The predicted molar refractivity (Wildman–Crippen MR) is 74.0 cm³/mol. The van der Waals surface area contributed by atoms with Gasteiger partial charge >= 0.3 is 0 Å². The van der Waals surface area contributed by atoms with Crippen LogP contribution in [0.15, 0.2) is 9.98 Å². The number of aliphatic hydroxyl groups excluding tert-OH is 2. The lowest BCUT2D eigenvalue weighted by atomic mass is 10.2. The Labute approximate surface area is 113 Å². The lowest BCUT2D eigenvalue weighted by molar-refractivity contribution is -0.117. The highest BCUT2D eigenvalue weighted by atomic mass is 16.5. The third-order valence-electron chi connectivity index (χ3n) is 2.01. The highest BCUT2D eigenvalue weighted by Crippen LogP contribution is 1.99. The zero-order valence-corrected chi connectivity index (χ0v) is 11.9. The second-order valence-electron chi connectivity index (χ2n) is 3.15. The average Bonchev–Trinajstić information content (AvgIpc) is 2.46. The fraction of sp³-hybridized carbons (Fsp3) is 0.727. The number of aliphatic hydroxyl groups is 2. The van der Waals surface area contributed by atoms with Crippen LogP contribution >= 0.6 is 0 Å². The summed E-state index contributed by atoms with van der Waals surface area (Å²) in [4.78, 5) is 19.0. The zero-order chi connectivity index (χ0) is 15.3. The molecule has 1 amide bonds. The van der Waals surface area contributed by atoms with Crippen molar-refractivity contribution in [3.05, 3.63) is 0 Å². The maximum Gasteiger partial charge on any atom is 0.216 e. The van der Waals surface area contributed by atoms with Gasteiger partial charge in [-0.2, -0.15) is 0 Å². The summed E-state index contributed by atoms with van der Waals surface area (Å²) in [6.45, 7) is 3.59. The highest BCUT2D eigenvalue weighted by molar-refractivity contribution is 5.88. The Balaban J connectivity index is 0. The van der Waals surface area contributed by atoms with Gasteiger partial charge in [-0.25, -0.2) is 4.99 Å². The van der Waals surface area contributed by atoms with Gasteiger partial charge in [0.25, 0.3) is 0 Å². The van der Waals surface area contributed by atoms with Gasteiger partial charge in [-0.15, -0.1) is 0 Å². The summed E-state index contributed by atoms with van der Waals surface area (Å²) in [7, 11) is 2.81. The smallest absolute Gasteiger partial charge is 0.216 e. The molecule has 0 heterocycles. The van der Waals surface area contributed by atoms with Crippen LogP contribution in [0.2, 0.25) is 0 Å². The summed E-state index contributed by atoms with van der Waals surface area (Å²) >= 11 is 0. The molecule has 112 valence electrons. The maximum absolute atomic E-state index is 10.7. The van der Waals surface area contributed by atoms with Crippen LogP contribution in [-0.4, -0.2) is 73.3 Å². The van der Waals surface area contributed by atoms with E-state index in [2.05, 4.69) is 9.98 Å². The molecule has 2 atom stereocenters. The molecule has 0 spiro atoms. The van der Waals surface area contributed by atoms with E-state index in [9.17, 15) is 9.90 Å². The second kappa shape index (κ2) is 12.9. The molecule has 4 N–H and O–H groups in total. The van der Waals surface area contributed by atoms with Crippen molar-refractivity contribution < 1.29 is 19.7 Å². The van der Waals surface area contributed by atoms with Crippen molar-refractivity contribution in [1.29, 1.82) is 0 Å². The summed E-state index contributed by atoms with van der Waals surface area (Å²) in [5.74, 6) is 0.0109. The van der Waals surface area contributed by atoms with E-state index in [1.807, 2.05) is 13.8 Å². The minimum Gasteiger partial charge on any atom is -0.394 e. The van der Waals surface area contributed by atoms with Crippen LogP contribution in [0.5, 0.6) is 0 Å². The molecule has 19 heavy (non-hydrogen) atoms. The number of ether oxygens (including phenoxy) is 1. The number of guanidine groups is 1. The van der Waals surface area contributed by atoms with E-state index in [-0.39, 0.29) is 19.1 Å². The Kier molecular flexibility index (Phi) is 13.5. The summed E-state index contributed by atoms with van der Waals surface area (Å²) in [6.07, 6.45) is -0.174. The summed E-state index contributed by atoms with van der Waals surface area (Å²) in [5, 5.41) is 18.5. The monoisotopic (exact) mass is 276 g/mol. The van der Waals surface area contributed by atoms with Crippen molar-refractivity contribution in [2.45, 2.75) is 26.1 Å². The van der Waals surface area contributed by atoms with E-state index in [0.29, 0.717) is 6.41 Å². The van der Waals surface area contributed by atoms with Crippen molar-refractivity contribution in [3.8, 4) is 0 Å². The van der Waals surface area contributed by atoms with Gasteiger partial charge in [0.2, 0.25) is 12.4 Å². The molecule has 0 fully saturated rings. The van der Waals surface area contributed by atoms with Gasteiger partial charge in [0.05, 0.1) is 13.2 Å². The van der Waals surface area contributed by atoms with Gasteiger partial charge < -0.3 is 25.6 Å². The van der Waals surface area contributed by atoms with Crippen LogP contribution in [0, 0.1) is 0 Å². The van der Waals surface area contributed by atoms with Crippen molar-refractivity contribution in [2.24, 2.45) is 15.7 Å². The van der Waals surface area contributed by atoms with E-state index in [1.165, 1.54) is 14.2 Å². The topological polar surface area (TPSA) is 121 Å². The van der Waals surface area contributed by atoms with Crippen LogP contribution in [-0.2, 0) is 9.53 Å². The summed E-state index contributed by atoms with van der Waals surface area (Å²) in [6, 6.07) is 0. The summed E-state index contributed by atoms with van der Waals surface area (Å²) in [5.41, 5.74) is 5.30. The normalized spacial score (nSPS) is 14.5. The van der Waals surface area contributed by atoms with Gasteiger partial charge in [-0.05, 0) is 0 Å². The first-order valence-corrected chi connectivity index (χ1v) is 5.88. The number of carbonyl (C=O) groups excluding carboxylic acids is 1. The van der Waals surface area contributed by atoms with Crippen molar-refractivity contribution in [2.75, 3.05) is 27.3 Å². The van der Waals surface area contributed by atoms with Gasteiger partial charge in [-0.3, -0.25) is 9.79 Å². The molecule has 0 aromatic heterocycles. The molecule has 0 aliphatic heterocycles. The molecular formula is C11H24N4O4. The molecule has 0 aliphatic carbocycles. The largest absolute Gasteiger partial charge is 0.394 e. The number of aliphatic imine (C=N–C) groups is 2. The molecule has 0 saturated carbocycles. The molecule has 0 radical (unpaired) electrons. The number of amides is 1. The molecular weight excluding hydrogens is 252 g/mol. The Bertz CT molecular complexity index is 280. The molecule has 8 heteroatoms. The third-order valence-corrected chi connectivity index (χ3v) is 2.01. The van der Waals surface area contributed by atoms with Crippen molar-refractivity contribution in [3.63, 3.8) is 0 Å². The zero-order valence-electron chi connectivity index (χ0n) is 11.9. The van der Waals surface area contributed by atoms with Gasteiger partial charge in [0.15, 0.2) is 0 Å². The van der Waals surface area contributed by atoms with E-state index in [0.717, 1.165) is 11.2 Å². The molecule has 0 saturated heterocycles. The quantitative estimate of drug-likeness (QED) is 0.307. The lowest BCUT2D eigenvalue weighted by Gasteiger charge is -2.22. The number of carbonyl (C=O) groups is 1. The van der Waals surface area contributed by atoms with Gasteiger partial charge in [-0.1, -0.05) is 13.8 Å². The molecule has 2 unspecified atom stereocenters. The van der Waals surface area contributed by atoms with Crippen LogP contribution < -0.4 is 5.73 Å². The number of hydrogen-bond acceptors (Lipinski definition) is 5. The van der Waals surface area contributed by atoms with E-state index in [1.54, 1.807) is 0 Å².